The van der Waals surface area contributed by atoms with Gasteiger partial charge in [0.1, 0.15) is 0 Å². The SMILES string of the molecule is Cc1cc(Nc2ncc(F)c(N[C@@H]3CCC[C@@H]3C(N)=O)n2)ccc1N1CCN(C)CC1.Cc1cc(Nc2ncc(F)c(N[C@@H]3CCC[C@H]3C(N)=O)n2)ccc1N1CCN(C)CC1.Cc1cc(Nc2ncc(F)c(N[C@H]3CCC[C@@H]3C(N)=O)n2)ccc1N1CCN(C)CC1.Cc1cc(Nc2ncc(F)c(N[C@H]3CCC[C@H]3C(N)=O)n2)ccc1N1CCN(C)CC1. The van der Waals surface area contributed by atoms with Gasteiger partial charge in [-0.3, -0.25) is 19.2 Å². The molecule has 4 saturated carbocycles. The van der Waals surface area contributed by atoms with Gasteiger partial charge < -0.3 is 105 Å². The molecule has 4 saturated heterocycles. The van der Waals surface area contributed by atoms with Crippen LogP contribution in [0.3, 0.4) is 0 Å². The summed E-state index contributed by atoms with van der Waals surface area (Å²) in [6.45, 7) is 24.8. The highest BCUT2D eigenvalue weighted by molar-refractivity contribution is 5.81. The van der Waals surface area contributed by atoms with Gasteiger partial charge in [0.2, 0.25) is 47.4 Å². The van der Waals surface area contributed by atoms with Gasteiger partial charge in [-0.2, -0.15) is 19.9 Å². The first kappa shape index (κ1) is 90.0. The molecule has 32 nitrogen and oxygen atoms in total. The molecule has 0 bridgehead atoms. The number of anilines is 16. The number of aromatic nitrogens is 8. The third-order valence-electron chi connectivity index (χ3n) is 25.0. The molecule has 16 N–H and O–H groups in total. The molecule has 4 amide bonds. The topological polar surface area (TPSA) is 398 Å². The van der Waals surface area contributed by atoms with Crippen LogP contribution in [-0.2, 0) is 19.2 Å². The summed E-state index contributed by atoms with van der Waals surface area (Å²) in [4.78, 5) is 98.9. The summed E-state index contributed by atoms with van der Waals surface area (Å²) >= 11 is 0. The van der Waals surface area contributed by atoms with Gasteiger partial charge in [0, 0.05) is 174 Å². The highest BCUT2D eigenvalue weighted by atomic mass is 19.1. The lowest BCUT2D eigenvalue weighted by molar-refractivity contribution is -0.122. The normalized spacial score (nSPS) is 21.8. The van der Waals surface area contributed by atoms with Crippen LogP contribution in [0.25, 0.3) is 0 Å². The molecule has 4 aromatic carbocycles. The van der Waals surface area contributed by atoms with E-state index in [0.29, 0.717) is 49.5 Å². The Morgan fingerprint density at radius 2 is 0.500 bits per heavy atom. The van der Waals surface area contributed by atoms with Crippen LogP contribution in [0.2, 0.25) is 0 Å². The molecular formula is C88H120F4N28O4. The maximum absolute atomic E-state index is 14.3. The second-order valence-electron chi connectivity index (χ2n) is 34.0. The van der Waals surface area contributed by atoms with Crippen molar-refractivity contribution >= 4 is 116 Å². The lowest BCUT2D eigenvalue weighted by Crippen LogP contribution is -2.44. The largest absolute Gasteiger partial charge is 0.369 e. The van der Waals surface area contributed by atoms with Crippen molar-refractivity contribution in [3.05, 3.63) is 143 Å². The first-order chi connectivity index (χ1) is 59.6. The Hall–Kier alpha value is -11.8. The Morgan fingerprint density at radius 1 is 0.306 bits per heavy atom. The van der Waals surface area contributed by atoms with Crippen LogP contribution in [0.1, 0.15) is 99.3 Å². The highest BCUT2D eigenvalue weighted by Gasteiger charge is 2.37. The van der Waals surface area contributed by atoms with Gasteiger partial charge in [0.25, 0.3) is 0 Å². The van der Waals surface area contributed by atoms with Crippen LogP contribution in [-0.4, -0.2) is 240 Å². The van der Waals surface area contributed by atoms with Gasteiger partial charge in [-0.15, -0.1) is 0 Å². The van der Waals surface area contributed by atoms with E-state index in [4.69, 9.17) is 22.9 Å². The number of nitrogens with one attached hydrogen (secondary N) is 8. The molecule has 4 aliphatic heterocycles. The Balaban J connectivity index is 0.000000142. The Bertz CT molecular complexity index is 4390. The number of halogens is 4. The second kappa shape index (κ2) is 41.6. The molecule has 36 heteroatoms. The van der Waals surface area contributed by atoms with Crippen LogP contribution >= 0.6 is 0 Å². The fourth-order valence-corrected chi connectivity index (χ4v) is 17.8. The molecule has 0 radical (unpaired) electrons. The Labute approximate surface area is 722 Å². The second-order valence-corrected chi connectivity index (χ2v) is 34.0. The molecule has 0 unspecified atom stereocenters. The number of nitrogens with zero attached hydrogens (tertiary/aromatic N) is 16. The molecule has 0 spiro atoms. The standard InChI is InChI=1S/4C22H30FN7O/c4*1-14-12-15(6-7-19(14)30-10-8-29(2)9-11-30)26-22-25-13-17(23)21(28-22)27-18-5-3-4-16(18)20(24)31/h4*6-7,12-13,16,18H,3-5,8-11H2,1-2H3,(H2,24,31)(H2,25,26,27,28)/t2*16-,18+;2*16-,18-/m1010/s1. The first-order valence-corrected chi connectivity index (χ1v) is 43.2. The number of carbonyl (C=O) groups is 4. The number of aryl methyl sites for hydroxylation is 4. The fraction of sp³-hybridized carbons (Fsp3) is 0.500. The summed E-state index contributed by atoms with van der Waals surface area (Å²) in [5.41, 5.74) is 34.8. The Morgan fingerprint density at radius 3 is 0.677 bits per heavy atom. The molecule has 8 aromatic rings. The van der Waals surface area contributed by atoms with Crippen molar-refractivity contribution < 1.29 is 36.7 Å². The van der Waals surface area contributed by atoms with E-state index >= 15 is 0 Å². The van der Waals surface area contributed by atoms with Crippen LogP contribution in [0, 0.1) is 74.6 Å². The van der Waals surface area contributed by atoms with E-state index in [2.05, 4.69) is 202 Å². The monoisotopic (exact) mass is 1710 g/mol. The first-order valence-electron chi connectivity index (χ1n) is 43.2. The highest BCUT2D eigenvalue weighted by Crippen LogP contribution is 2.37. The summed E-state index contributed by atoms with van der Waals surface area (Å²) < 4.78 is 57.2. The number of rotatable bonds is 24. The number of hydrogen-bond acceptors (Lipinski definition) is 28. The average Bonchev–Trinajstić information content (AvgIpc) is 1.34. The summed E-state index contributed by atoms with van der Waals surface area (Å²) in [5, 5.41) is 24.9. The predicted molar refractivity (Wildman–Crippen MR) is 480 cm³/mol. The van der Waals surface area contributed by atoms with E-state index < -0.39 is 23.3 Å². The number of amides is 4. The molecule has 4 aromatic heterocycles. The average molecular weight is 1710 g/mol. The number of nitrogens with two attached hydrogens (primary N) is 4. The van der Waals surface area contributed by atoms with Crippen molar-refractivity contribution in [2.45, 2.75) is 129 Å². The molecule has 8 aliphatic rings. The minimum atomic E-state index is -0.553. The smallest absolute Gasteiger partial charge is 0.229 e. The maximum Gasteiger partial charge on any atom is 0.229 e. The molecule has 16 rings (SSSR count). The lowest BCUT2D eigenvalue weighted by Gasteiger charge is -2.35. The fourth-order valence-electron chi connectivity index (χ4n) is 17.8. The van der Waals surface area contributed by atoms with Crippen molar-refractivity contribution in [2.24, 2.45) is 46.6 Å². The van der Waals surface area contributed by atoms with Crippen LogP contribution in [0.4, 0.5) is 110 Å². The quantitative estimate of drug-likeness (QED) is 0.0250. The molecular weight excluding hydrogens is 1590 g/mol. The van der Waals surface area contributed by atoms with E-state index in [9.17, 15) is 36.7 Å². The minimum Gasteiger partial charge on any atom is -0.369 e. The van der Waals surface area contributed by atoms with E-state index in [1.54, 1.807) is 0 Å². The summed E-state index contributed by atoms with van der Waals surface area (Å²) in [5.74, 6) is -3.38. The number of primary amides is 4. The van der Waals surface area contributed by atoms with Crippen LogP contribution < -0.4 is 85.1 Å². The van der Waals surface area contributed by atoms with Crippen molar-refractivity contribution in [3.8, 4) is 0 Å². The molecule has 8 heterocycles. The summed E-state index contributed by atoms with van der Waals surface area (Å²) in [6, 6.07) is 23.7. The van der Waals surface area contributed by atoms with E-state index in [0.717, 1.165) is 226 Å². The van der Waals surface area contributed by atoms with Gasteiger partial charge in [-0.25, -0.2) is 37.5 Å². The van der Waals surface area contributed by atoms with Gasteiger partial charge in [-0.1, -0.05) is 25.7 Å². The third-order valence-corrected chi connectivity index (χ3v) is 25.0. The van der Waals surface area contributed by atoms with E-state index in [1.807, 2.05) is 48.5 Å². The predicted octanol–water partition coefficient (Wildman–Crippen LogP) is 9.94. The molecule has 8 atom stereocenters. The maximum atomic E-state index is 14.3. The van der Waals surface area contributed by atoms with Crippen LogP contribution in [0.15, 0.2) is 97.6 Å². The molecule has 4 aliphatic carbocycles. The molecule has 124 heavy (non-hydrogen) atoms. The third kappa shape index (κ3) is 23.6. The zero-order valence-electron chi connectivity index (χ0n) is 72.3. The van der Waals surface area contributed by atoms with E-state index in [1.165, 1.54) is 22.7 Å². The Kier molecular flexibility index (Phi) is 30.2. The number of likely N-dealkylation sites (N-methyl/N-ethyl adjacent to an activating group) is 4. The summed E-state index contributed by atoms with van der Waals surface area (Å²) in [7, 11) is 8.57. The minimum absolute atomic E-state index is 0.0847. The van der Waals surface area contributed by atoms with Gasteiger partial charge >= 0.3 is 0 Å². The van der Waals surface area contributed by atoms with Crippen LogP contribution in [0.5, 0.6) is 0 Å². The number of carbonyl (C=O) groups excluding carboxylic acids is 4. The van der Waals surface area contributed by atoms with Gasteiger partial charge in [0.05, 0.1) is 48.5 Å². The van der Waals surface area contributed by atoms with Crippen molar-refractivity contribution in [1.82, 2.24) is 59.5 Å². The lowest BCUT2D eigenvalue weighted by atomic mass is 10.0. The summed E-state index contributed by atoms with van der Waals surface area (Å²) in [6.07, 6.45) is 13.9. The van der Waals surface area contributed by atoms with Crippen molar-refractivity contribution in [3.63, 3.8) is 0 Å². The van der Waals surface area contributed by atoms with Crippen molar-refractivity contribution in [1.29, 1.82) is 0 Å². The van der Waals surface area contributed by atoms with Crippen molar-refractivity contribution in [2.75, 3.05) is 195 Å². The molecule has 8 fully saturated rings. The van der Waals surface area contributed by atoms with Gasteiger partial charge in [0.15, 0.2) is 46.5 Å². The zero-order chi connectivity index (χ0) is 87.8. The van der Waals surface area contributed by atoms with E-state index in [-0.39, 0.29) is 94.7 Å². The number of benzene rings is 4. The van der Waals surface area contributed by atoms with Gasteiger partial charge in [-0.05, 0) is 202 Å². The number of piperazine rings is 4. The zero-order valence-corrected chi connectivity index (χ0v) is 72.3. The molecule has 664 valence electrons. The number of hydrogen-bond donors (Lipinski definition) is 12.